The van der Waals surface area contributed by atoms with E-state index in [1.54, 1.807) is 23.1 Å². The van der Waals surface area contributed by atoms with Crippen LogP contribution >= 0.6 is 23.2 Å². The van der Waals surface area contributed by atoms with Crippen molar-refractivity contribution in [1.82, 2.24) is 4.90 Å². The Morgan fingerprint density at radius 2 is 2.06 bits per heavy atom. The van der Waals surface area contributed by atoms with Crippen molar-refractivity contribution in [3.63, 3.8) is 0 Å². The lowest BCUT2D eigenvalue weighted by molar-refractivity contribution is -0.131. The Hall–Kier alpha value is -0.770. The number of carbonyl (C=O) groups is 1. The third-order valence-corrected chi connectivity index (χ3v) is 4.01. The van der Waals surface area contributed by atoms with Gasteiger partial charge in [0.1, 0.15) is 0 Å². The van der Waals surface area contributed by atoms with Crippen LogP contribution in [0.25, 0.3) is 0 Å². The second kappa shape index (κ2) is 5.91. The second-order valence-corrected chi connectivity index (χ2v) is 5.26. The van der Waals surface area contributed by atoms with Gasteiger partial charge in [-0.05, 0) is 30.5 Å². The highest BCUT2D eigenvalue weighted by Crippen LogP contribution is 2.26. The van der Waals surface area contributed by atoms with Gasteiger partial charge in [0.15, 0.2) is 0 Å². The first-order valence-electron chi connectivity index (χ1n) is 5.96. The molecule has 18 heavy (non-hydrogen) atoms. The topological polar surface area (TPSA) is 40.5 Å². The molecule has 98 valence electrons. The van der Waals surface area contributed by atoms with Gasteiger partial charge in [-0.3, -0.25) is 4.79 Å². The molecule has 1 atom stereocenters. The standard InChI is InChI=1S/C13H15Cl2NO2/c14-11-4-1-5-12(15)10(11)7-13(18)16-6-2-3-9(16)8-17/h1,4-5,9,17H,2-3,6-8H2. The molecule has 0 aliphatic carbocycles. The van der Waals surface area contributed by atoms with Crippen molar-refractivity contribution in [2.45, 2.75) is 25.3 Å². The zero-order valence-electron chi connectivity index (χ0n) is 9.90. The normalized spacial score (nSPS) is 19.3. The number of aliphatic hydroxyl groups is 1. The van der Waals surface area contributed by atoms with E-state index in [9.17, 15) is 9.90 Å². The molecule has 1 fully saturated rings. The van der Waals surface area contributed by atoms with E-state index in [1.807, 2.05) is 0 Å². The van der Waals surface area contributed by atoms with Crippen LogP contribution in [0, 0.1) is 0 Å². The van der Waals surface area contributed by atoms with Crippen molar-refractivity contribution >= 4 is 29.1 Å². The fraction of sp³-hybridized carbons (Fsp3) is 0.462. The van der Waals surface area contributed by atoms with Gasteiger partial charge in [-0.15, -0.1) is 0 Å². The van der Waals surface area contributed by atoms with Crippen LogP contribution in [-0.2, 0) is 11.2 Å². The number of amides is 1. The van der Waals surface area contributed by atoms with E-state index in [4.69, 9.17) is 23.2 Å². The number of hydrogen-bond donors (Lipinski definition) is 1. The van der Waals surface area contributed by atoms with Gasteiger partial charge in [0.25, 0.3) is 0 Å². The smallest absolute Gasteiger partial charge is 0.227 e. The minimum absolute atomic E-state index is 0.0159. The maximum atomic E-state index is 12.2. The fourth-order valence-corrected chi connectivity index (χ4v) is 2.84. The molecule has 0 bridgehead atoms. The molecule has 1 unspecified atom stereocenters. The summed E-state index contributed by atoms with van der Waals surface area (Å²) in [7, 11) is 0. The van der Waals surface area contributed by atoms with Crippen molar-refractivity contribution in [1.29, 1.82) is 0 Å². The van der Waals surface area contributed by atoms with Crippen LogP contribution in [0.4, 0.5) is 0 Å². The monoisotopic (exact) mass is 287 g/mol. The number of benzene rings is 1. The molecule has 0 radical (unpaired) electrons. The largest absolute Gasteiger partial charge is 0.394 e. The molecule has 1 heterocycles. The van der Waals surface area contributed by atoms with E-state index in [2.05, 4.69) is 0 Å². The Morgan fingerprint density at radius 3 is 2.67 bits per heavy atom. The fourth-order valence-electron chi connectivity index (χ4n) is 2.31. The Bertz CT molecular complexity index is 430. The molecule has 3 nitrogen and oxygen atoms in total. The molecule has 0 aromatic heterocycles. The maximum absolute atomic E-state index is 12.2. The summed E-state index contributed by atoms with van der Waals surface area (Å²) in [5, 5.41) is 10.2. The maximum Gasteiger partial charge on any atom is 0.227 e. The van der Waals surface area contributed by atoms with Crippen molar-refractivity contribution in [3.8, 4) is 0 Å². The predicted octanol–water partition coefficient (Wildman–Crippen LogP) is 2.52. The van der Waals surface area contributed by atoms with Crippen molar-refractivity contribution in [3.05, 3.63) is 33.8 Å². The summed E-state index contributed by atoms with van der Waals surface area (Å²) < 4.78 is 0. The molecule has 1 N–H and O–H groups in total. The molecule has 1 aromatic rings. The molecular formula is C13H15Cl2NO2. The first-order chi connectivity index (χ1) is 8.63. The van der Waals surface area contributed by atoms with Gasteiger partial charge in [-0.1, -0.05) is 29.3 Å². The molecule has 1 saturated heterocycles. The number of likely N-dealkylation sites (tertiary alicyclic amines) is 1. The molecule has 1 amide bonds. The van der Waals surface area contributed by atoms with Crippen LogP contribution < -0.4 is 0 Å². The minimum Gasteiger partial charge on any atom is -0.394 e. The van der Waals surface area contributed by atoms with E-state index in [0.29, 0.717) is 22.2 Å². The zero-order chi connectivity index (χ0) is 13.1. The van der Waals surface area contributed by atoms with Crippen LogP contribution in [0.1, 0.15) is 18.4 Å². The second-order valence-electron chi connectivity index (χ2n) is 4.44. The minimum atomic E-state index is -0.0567. The summed E-state index contributed by atoms with van der Waals surface area (Å²) in [6, 6.07) is 5.15. The molecule has 1 aliphatic heterocycles. The highest BCUT2D eigenvalue weighted by atomic mass is 35.5. The average Bonchev–Trinajstić information content (AvgIpc) is 2.82. The lowest BCUT2D eigenvalue weighted by atomic mass is 10.1. The van der Waals surface area contributed by atoms with Gasteiger partial charge in [0.05, 0.1) is 19.1 Å². The summed E-state index contributed by atoms with van der Waals surface area (Å²) in [5.41, 5.74) is 0.662. The quantitative estimate of drug-likeness (QED) is 0.928. The van der Waals surface area contributed by atoms with E-state index < -0.39 is 0 Å². The third kappa shape index (κ3) is 2.79. The molecular weight excluding hydrogens is 273 g/mol. The average molecular weight is 288 g/mol. The van der Waals surface area contributed by atoms with Gasteiger partial charge >= 0.3 is 0 Å². The number of carbonyl (C=O) groups excluding carboxylic acids is 1. The molecule has 0 saturated carbocycles. The lowest BCUT2D eigenvalue weighted by Crippen LogP contribution is -2.38. The summed E-state index contributed by atoms with van der Waals surface area (Å²) >= 11 is 12.1. The van der Waals surface area contributed by atoms with Crippen LogP contribution in [0.5, 0.6) is 0 Å². The van der Waals surface area contributed by atoms with Crippen molar-refractivity contribution in [2.24, 2.45) is 0 Å². The van der Waals surface area contributed by atoms with Gasteiger partial charge in [-0.2, -0.15) is 0 Å². The van der Waals surface area contributed by atoms with Gasteiger partial charge in [0.2, 0.25) is 5.91 Å². The van der Waals surface area contributed by atoms with Crippen molar-refractivity contribution < 1.29 is 9.90 Å². The number of nitrogens with zero attached hydrogens (tertiary/aromatic N) is 1. The van der Waals surface area contributed by atoms with Gasteiger partial charge in [-0.25, -0.2) is 0 Å². The van der Waals surface area contributed by atoms with Crippen molar-refractivity contribution in [2.75, 3.05) is 13.2 Å². The van der Waals surface area contributed by atoms with Crippen LogP contribution in [-0.4, -0.2) is 35.1 Å². The highest BCUT2D eigenvalue weighted by molar-refractivity contribution is 6.36. The van der Waals surface area contributed by atoms with Gasteiger partial charge in [0, 0.05) is 16.6 Å². The highest BCUT2D eigenvalue weighted by Gasteiger charge is 2.28. The van der Waals surface area contributed by atoms with E-state index in [-0.39, 0.29) is 25.0 Å². The molecule has 1 aromatic carbocycles. The lowest BCUT2D eigenvalue weighted by Gasteiger charge is -2.23. The number of rotatable bonds is 3. The molecule has 2 rings (SSSR count). The first kappa shape index (κ1) is 13.7. The van der Waals surface area contributed by atoms with E-state index >= 15 is 0 Å². The Morgan fingerprint density at radius 1 is 1.39 bits per heavy atom. The number of halogens is 2. The number of hydrogen-bond acceptors (Lipinski definition) is 2. The van der Waals surface area contributed by atoms with Gasteiger partial charge < -0.3 is 10.0 Å². The summed E-state index contributed by atoms with van der Waals surface area (Å²) in [4.78, 5) is 13.9. The number of aliphatic hydroxyl groups excluding tert-OH is 1. The molecule has 0 spiro atoms. The SMILES string of the molecule is O=C(Cc1c(Cl)cccc1Cl)N1CCCC1CO. The van der Waals surface area contributed by atoms with E-state index in [1.165, 1.54) is 0 Å². The molecule has 1 aliphatic rings. The van der Waals surface area contributed by atoms with Crippen LogP contribution in [0.3, 0.4) is 0 Å². The summed E-state index contributed by atoms with van der Waals surface area (Å²) in [6.07, 6.45) is 1.99. The first-order valence-corrected chi connectivity index (χ1v) is 6.72. The molecule has 5 heteroatoms. The van der Waals surface area contributed by atoms with Crippen LogP contribution in [0.15, 0.2) is 18.2 Å². The Labute approximate surface area is 116 Å². The predicted molar refractivity (Wildman–Crippen MR) is 72.0 cm³/mol. The van der Waals surface area contributed by atoms with E-state index in [0.717, 1.165) is 12.8 Å². The Kier molecular flexibility index (Phi) is 4.49. The third-order valence-electron chi connectivity index (χ3n) is 3.30. The summed E-state index contributed by atoms with van der Waals surface area (Å²) in [6.45, 7) is 0.716. The Balaban J connectivity index is 2.12. The zero-order valence-corrected chi connectivity index (χ0v) is 11.4. The summed E-state index contributed by atoms with van der Waals surface area (Å²) in [5.74, 6) is -0.0263. The van der Waals surface area contributed by atoms with Crippen LogP contribution in [0.2, 0.25) is 10.0 Å².